The molecule has 4 atom stereocenters. The van der Waals surface area contributed by atoms with Crippen LogP contribution in [0.5, 0.6) is 0 Å². The maximum Gasteiger partial charge on any atom is 0.116 e. The second-order valence-electron chi connectivity index (χ2n) is 20.4. The molecule has 0 aromatic carbocycles. The lowest BCUT2D eigenvalue weighted by atomic mass is 10.0. The van der Waals surface area contributed by atoms with Crippen molar-refractivity contribution < 1.29 is 45.1 Å². The Morgan fingerprint density at radius 1 is 0.328 bits per heavy atom. The summed E-state index contributed by atoms with van der Waals surface area (Å²) >= 11 is 0. The first-order valence-electron chi connectivity index (χ1n) is 27.6. The molecule has 0 heterocycles. The summed E-state index contributed by atoms with van der Waals surface area (Å²) in [5.41, 5.74) is 0. The standard InChI is InChI=1S/C52H108N2O8S2/c1-5-9-11-13-15-17-19-21-23-25-27-29-31-33-35-39-43-53(7-3,47-51(55)49-63(57,58)59)45-41-37-38-42-46-54(8-4,48-52(56)50-64(60,61)62)44-40-36-34-32-30-28-26-24-22-20-18-16-14-12-10-6-2/h51-52,55-56H,5-50H2,1-4H3. The summed E-state index contributed by atoms with van der Waals surface area (Å²) in [7, 11) is -9.05. The Bertz CT molecular complexity index is 1150. The molecule has 2 N–H and O–H groups in total. The minimum absolute atomic E-state index is 0.270. The number of unbranched alkanes of at least 4 members (excludes halogenated alkanes) is 33. The topological polar surface area (TPSA) is 155 Å². The van der Waals surface area contributed by atoms with Crippen molar-refractivity contribution in [2.24, 2.45) is 0 Å². The summed E-state index contributed by atoms with van der Waals surface area (Å²) in [4.78, 5) is 0. The minimum atomic E-state index is -4.53. The van der Waals surface area contributed by atoms with Crippen LogP contribution in [0.2, 0.25) is 0 Å². The number of nitrogens with zero attached hydrogens (tertiary/aromatic N) is 2. The van der Waals surface area contributed by atoms with Gasteiger partial charge in [0.2, 0.25) is 0 Å². The zero-order chi connectivity index (χ0) is 47.7. The lowest BCUT2D eigenvalue weighted by Crippen LogP contribution is -2.54. The van der Waals surface area contributed by atoms with E-state index in [9.17, 15) is 36.2 Å². The van der Waals surface area contributed by atoms with Gasteiger partial charge in [0, 0.05) is 0 Å². The van der Waals surface area contributed by atoms with E-state index in [0.717, 1.165) is 90.6 Å². The number of aliphatic hydroxyl groups excluding tert-OH is 2. The van der Waals surface area contributed by atoms with Crippen LogP contribution in [0.4, 0.5) is 0 Å². The smallest absolute Gasteiger partial charge is 0.116 e. The zero-order valence-electron chi connectivity index (χ0n) is 42.7. The minimum Gasteiger partial charge on any atom is -0.748 e. The lowest BCUT2D eigenvalue weighted by Gasteiger charge is -2.40. The van der Waals surface area contributed by atoms with Gasteiger partial charge in [0.05, 0.1) is 71.0 Å². The van der Waals surface area contributed by atoms with Crippen LogP contribution in [-0.2, 0) is 20.2 Å². The highest BCUT2D eigenvalue weighted by Gasteiger charge is 2.31. The summed E-state index contributed by atoms with van der Waals surface area (Å²) in [5.74, 6) is -1.50. The number of aliphatic hydroxyl groups is 2. The van der Waals surface area contributed by atoms with Crippen LogP contribution in [0.15, 0.2) is 0 Å². The molecule has 0 radical (unpaired) electrons. The number of rotatable bonds is 51. The molecule has 0 amide bonds. The Hall–Kier alpha value is -0.340. The molecule has 0 saturated carbocycles. The number of hydrogen-bond acceptors (Lipinski definition) is 8. The quantitative estimate of drug-likeness (QED) is 0.0347. The molecule has 386 valence electrons. The SMILES string of the molecule is CCCCCCCCCCCCCCCCCC[N+](CC)(CCCCCC[N+](CC)(CCCCCCCCCCCCCCCCCC)CC(O)CS(=O)(=O)[O-])CC(O)CS(=O)(=O)[O-]. The molecule has 0 fully saturated rings. The summed E-state index contributed by atoms with van der Waals surface area (Å²) in [6.45, 7) is 14.2. The van der Waals surface area contributed by atoms with Crippen molar-refractivity contribution in [1.82, 2.24) is 0 Å². The third-order valence-electron chi connectivity index (χ3n) is 14.3. The molecule has 0 spiro atoms. The van der Waals surface area contributed by atoms with Crippen LogP contribution in [-0.4, -0.2) is 121 Å². The van der Waals surface area contributed by atoms with Crippen molar-refractivity contribution >= 4 is 20.2 Å². The van der Waals surface area contributed by atoms with Gasteiger partial charge in [0.25, 0.3) is 0 Å². The maximum atomic E-state index is 11.5. The number of likely N-dealkylation sites (N-methyl/N-ethyl adjacent to an activating group) is 2. The van der Waals surface area contributed by atoms with Crippen molar-refractivity contribution in [3.8, 4) is 0 Å². The van der Waals surface area contributed by atoms with Crippen LogP contribution in [0.25, 0.3) is 0 Å². The molecule has 0 aromatic rings. The van der Waals surface area contributed by atoms with E-state index in [1.54, 1.807) is 0 Å². The van der Waals surface area contributed by atoms with Crippen molar-refractivity contribution in [2.75, 3.05) is 63.9 Å². The highest BCUT2D eigenvalue weighted by Crippen LogP contribution is 2.21. The van der Waals surface area contributed by atoms with E-state index in [4.69, 9.17) is 0 Å². The largest absolute Gasteiger partial charge is 0.748 e. The molecule has 12 heteroatoms. The molecule has 0 aliphatic rings. The molecule has 10 nitrogen and oxygen atoms in total. The molecule has 0 aliphatic heterocycles. The van der Waals surface area contributed by atoms with Gasteiger partial charge in [-0.3, -0.25) is 0 Å². The van der Waals surface area contributed by atoms with Gasteiger partial charge in [-0.25, -0.2) is 16.8 Å². The average molecular weight is 954 g/mol. The molecule has 4 unspecified atom stereocenters. The molecule has 0 bridgehead atoms. The Morgan fingerprint density at radius 2 is 0.500 bits per heavy atom. The lowest BCUT2D eigenvalue weighted by molar-refractivity contribution is -0.930. The molecule has 0 aromatic heterocycles. The third kappa shape index (κ3) is 40.7. The van der Waals surface area contributed by atoms with Crippen LogP contribution >= 0.6 is 0 Å². The van der Waals surface area contributed by atoms with Crippen molar-refractivity contribution in [2.45, 2.75) is 271 Å². The zero-order valence-corrected chi connectivity index (χ0v) is 44.4. The fourth-order valence-corrected chi connectivity index (χ4v) is 11.3. The fraction of sp³-hybridized carbons (Fsp3) is 1.00. The van der Waals surface area contributed by atoms with Crippen LogP contribution < -0.4 is 0 Å². The Balaban J connectivity index is 4.85. The van der Waals surface area contributed by atoms with Crippen molar-refractivity contribution in [3.05, 3.63) is 0 Å². The van der Waals surface area contributed by atoms with Crippen molar-refractivity contribution in [1.29, 1.82) is 0 Å². The Morgan fingerprint density at radius 3 is 0.656 bits per heavy atom. The van der Waals surface area contributed by atoms with Gasteiger partial charge in [0.1, 0.15) is 25.3 Å². The molecule has 0 rings (SSSR count). The van der Waals surface area contributed by atoms with E-state index >= 15 is 0 Å². The predicted molar refractivity (Wildman–Crippen MR) is 270 cm³/mol. The van der Waals surface area contributed by atoms with Crippen molar-refractivity contribution in [3.63, 3.8) is 0 Å². The van der Waals surface area contributed by atoms with Crippen LogP contribution in [0.1, 0.15) is 259 Å². The molecule has 64 heavy (non-hydrogen) atoms. The Kier molecular flexibility index (Phi) is 41.4. The van der Waals surface area contributed by atoms with Gasteiger partial charge in [-0.1, -0.05) is 194 Å². The monoisotopic (exact) mass is 953 g/mol. The van der Waals surface area contributed by atoms with E-state index in [1.165, 1.54) is 180 Å². The van der Waals surface area contributed by atoms with Gasteiger partial charge in [-0.2, -0.15) is 0 Å². The number of hydrogen-bond donors (Lipinski definition) is 2. The van der Waals surface area contributed by atoms with Gasteiger partial charge in [0.15, 0.2) is 0 Å². The van der Waals surface area contributed by atoms with E-state index in [1.807, 2.05) is 0 Å². The van der Waals surface area contributed by atoms with Gasteiger partial charge >= 0.3 is 0 Å². The number of quaternary nitrogens is 2. The van der Waals surface area contributed by atoms with E-state index in [-0.39, 0.29) is 13.1 Å². The van der Waals surface area contributed by atoms with Crippen LogP contribution in [0.3, 0.4) is 0 Å². The Labute approximate surface area is 398 Å². The van der Waals surface area contributed by atoms with E-state index in [2.05, 4.69) is 27.7 Å². The summed E-state index contributed by atoms with van der Waals surface area (Å²) in [6.07, 6.45) is 43.0. The third-order valence-corrected chi connectivity index (χ3v) is 15.9. The van der Waals surface area contributed by atoms with E-state index in [0.29, 0.717) is 8.97 Å². The second-order valence-corrected chi connectivity index (χ2v) is 23.2. The highest BCUT2D eigenvalue weighted by atomic mass is 32.2. The van der Waals surface area contributed by atoms with E-state index < -0.39 is 43.9 Å². The first kappa shape index (κ1) is 63.7. The molecule has 0 aliphatic carbocycles. The second kappa shape index (κ2) is 41.6. The molecular formula is C52H108N2O8S2. The van der Waals surface area contributed by atoms with Gasteiger partial charge in [-0.05, 0) is 65.2 Å². The van der Waals surface area contributed by atoms with Gasteiger partial charge in [-0.15, -0.1) is 0 Å². The first-order valence-corrected chi connectivity index (χ1v) is 30.7. The summed E-state index contributed by atoms with van der Waals surface area (Å²) in [5, 5.41) is 21.4. The average Bonchev–Trinajstić information content (AvgIpc) is 3.22. The van der Waals surface area contributed by atoms with Crippen LogP contribution in [0, 0.1) is 0 Å². The predicted octanol–water partition coefficient (Wildman–Crippen LogP) is 12.6. The summed E-state index contributed by atoms with van der Waals surface area (Å²) < 4.78 is 70.4. The summed E-state index contributed by atoms with van der Waals surface area (Å²) in [6, 6.07) is 0. The first-order chi connectivity index (χ1) is 30.7. The fourth-order valence-electron chi connectivity index (χ4n) is 10.2. The molecular weight excluding hydrogens is 845 g/mol. The molecule has 0 saturated heterocycles. The highest BCUT2D eigenvalue weighted by molar-refractivity contribution is 7.86. The van der Waals surface area contributed by atoms with Gasteiger partial charge < -0.3 is 28.3 Å². The maximum absolute atomic E-state index is 11.5. The normalized spacial score (nSPS) is 15.3.